The minimum Gasteiger partial charge on any atom is -0.342 e. The van der Waals surface area contributed by atoms with Gasteiger partial charge in [0.25, 0.3) is 5.56 Å². The summed E-state index contributed by atoms with van der Waals surface area (Å²) in [4.78, 5) is 46.7. The van der Waals surface area contributed by atoms with Crippen LogP contribution >= 0.6 is 0 Å². The summed E-state index contributed by atoms with van der Waals surface area (Å²) in [5.74, 6) is 0.117. The van der Waals surface area contributed by atoms with Crippen LogP contribution in [0.2, 0.25) is 0 Å². The Bertz CT molecular complexity index is 1400. The monoisotopic (exact) mass is 476 g/mol. The maximum Gasteiger partial charge on any atom is 0.325 e. The van der Waals surface area contributed by atoms with E-state index in [2.05, 4.69) is 29.8 Å². The van der Waals surface area contributed by atoms with Crippen molar-refractivity contribution in [1.29, 1.82) is 0 Å². The second-order valence-corrected chi connectivity index (χ2v) is 9.01. The minimum atomic E-state index is -0.507. The quantitative estimate of drug-likeness (QED) is 0.353. The number of fused-ring (bicyclic) bond motifs is 1. The third-order valence-corrected chi connectivity index (χ3v) is 6.49. The molecule has 0 spiro atoms. The molecule has 1 fully saturated rings. The second-order valence-electron chi connectivity index (χ2n) is 9.01. The van der Waals surface area contributed by atoms with Gasteiger partial charge in [-0.3, -0.25) is 19.3 Å². The van der Waals surface area contributed by atoms with Gasteiger partial charge in [0.15, 0.2) is 0 Å². The smallest absolute Gasteiger partial charge is 0.325 e. The summed E-state index contributed by atoms with van der Waals surface area (Å²) in [6, 6.07) is 9.41. The summed E-state index contributed by atoms with van der Waals surface area (Å²) in [5, 5.41) is 8.51. The average molecular weight is 477 g/mol. The lowest BCUT2D eigenvalue weighted by atomic mass is 10.1. The predicted molar refractivity (Wildman–Crippen MR) is 129 cm³/mol. The fourth-order valence-electron chi connectivity index (χ4n) is 4.66. The Morgan fingerprint density at radius 2 is 2.00 bits per heavy atom. The van der Waals surface area contributed by atoms with Crippen LogP contribution in [0.5, 0.6) is 0 Å². The standard InChI is InChI=1S/C24H28N8O3/c33-22-12-20(26-24(35)27-22)17-9-11-30(13-17)23(34)8-2-1-5-10-32-15-18(28-29-32)14-31-16-25-19-6-3-4-7-21(19)31/h3-4,6-7,12,15-17H,1-2,5,8-11,13-14H2,(H2,26,27,33,35). The number of carbonyl (C=O) groups is 1. The highest BCUT2D eigenvalue weighted by Crippen LogP contribution is 2.25. The summed E-state index contributed by atoms with van der Waals surface area (Å²) in [5.41, 5.74) is 2.59. The lowest BCUT2D eigenvalue weighted by Gasteiger charge is -2.16. The molecule has 1 aromatic carbocycles. The Hall–Kier alpha value is -4.02. The normalized spacial score (nSPS) is 15.8. The Labute approximate surface area is 200 Å². The Morgan fingerprint density at radius 1 is 1.11 bits per heavy atom. The van der Waals surface area contributed by atoms with Gasteiger partial charge in [0.1, 0.15) is 5.69 Å². The fraction of sp³-hybridized carbons (Fsp3) is 0.417. The molecule has 5 rings (SSSR count). The van der Waals surface area contributed by atoms with Crippen LogP contribution in [0.1, 0.15) is 49.4 Å². The van der Waals surface area contributed by atoms with Gasteiger partial charge in [-0.05, 0) is 31.4 Å². The molecule has 1 atom stereocenters. The van der Waals surface area contributed by atoms with Crippen molar-refractivity contribution in [1.82, 2.24) is 39.4 Å². The van der Waals surface area contributed by atoms with E-state index in [1.807, 2.05) is 46.4 Å². The topological polar surface area (TPSA) is 135 Å². The number of benzene rings is 1. The van der Waals surface area contributed by atoms with Gasteiger partial charge in [-0.25, -0.2) is 9.78 Å². The van der Waals surface area contributed by atoms with Crippen LogP contribution in [0, 0.1) is 0 Å². The van der Waals surface area contributed by atoms with E-state index in [4.69, 9.17) is 0 Å². The van der Waals surface area contributed by atoms with Crippen molar-refractivity contribution in [3.63, 3.8) is 0 Å². The van der Waals surface area contributed by atoms with Crippen molar-refractivity contribution in [2.75, 3.05) is 13.1 Å². The molecular formula is C24H28N8O3. The van der Waals surface area contributed by atoms with E-state index < -0.39 is 11.2 Å². The Balaban J connectivity index is 1.03. The second kappa shape index (κ2) is 10.1. The molecule has 0 aliphatic carbocycles. The lowest BCUT2D eigenvalue weighted by Crippen LogP contribution is -2.29. The molecule has 2 N–H and O–H groups in total. The van der Waals surface area contributed by atoms with Crippen molar-refractivity contribution >= 4 is 16.9 Å². The molecule has 35 heavy (non-hydrogen) atoms. The first-order chi connectivity index (χ1) is 17.0. The molecule has 1 aliphatic rings. The number of nitrogens with one attached hydrogen (secondary N) is 2. The van der Waals surface area contributed by atoms with Crippen LogP contribution in [-0.2, 0) is 17.9 Å². The highest BCUT2D eigenvalue weighted by molar-refractivity contribution is 5.76. The van der Waals surface area contributed by atoms with Crippen molar-refractivity contribution in [3.8, 4) is 0 Å². The Morgan fingerprint density at radius 3 is 2.89 bits per heavy atom. The zero-order chi connectivity index (χ0) is 24.2. The van der Waals surface area contributed by atoms with Crippen LogP contribution in [-0.4, -0.2) is 58.4 Å². The highest BCUT2D eigenvalue weighted by atomic mass is 16.2. The molecule has 0 radical (unpaired) electrons. The number of unbranched alkanes of at least 4 members (excludes halogenated alkanes) is 2. The summed E-state index contributed by atoms with van der Waals surface area (Å²) >= 11 is 0. The summed E-state index contributed by atoms with van der Waals surface area (Å²) in [6.45, 7) is 2.56. The summed E-state index contributed by atoms with van der Waals surface area (Å²) in [6.07, 6.45) is 7.67. The van der Waals surface area contributed by atoms with E-state index in [9.17, 15) is 14.4 Å². The van der Waals surface area contributed by atoms with E-state index in [0.717, 1.165) is 49.0 Å². The van der Waals surface area contributed by atoms with Crippen LogP contribution in [0.15, 0.2) is 52.4 Å². The molecule has 3 aromatic heterocycles. The molecule has 1 amide bonds. The number of amides is 1. The molecule has 11 heteroatoms. The number of H-pyrrole nitrogens is 2. The number of para-hydroxylation sites is 2. The molecule has 0 bridgehead atoms. The van der Waals surface area contributed by atoms with E-state index in [1.165, 1.54) is 6.07 Å². The van der Waals surface area contributed by atoms with Gasteiger partial charge >= 0.3 is 5.69 Å². The molecule has 1 aliphatic heterocycles. The number of aryl methyl sites for hydroxylation is 1. The maximum absolute atomic E-state index is 12.6. The number of likely N-dealkylation sites (tertiary alicyclic amines) is 1. The molecule has 182 valence electrons. The van der Waals surface area contributed by atoms with Crippen molar-refractivity contribution in [3.05, 3.63) is 75.1 Å². The average Bonchev–Trinajstić information content (AvgIpc) is 3.59. The molecule has 11 nitrogen and oxygen atoms in total. The fourth-order valence-corrected chi connectivity index (χ4v) is 4.66. The number of imidazole rings is 1. The number of hydrogen-bond donors (Lipinski definition) is 2. The van der Waals surface area contributed by atoms with Gasteiger partial charge in [0.2, 0.25) is 5.91 Å². The van der Waals surface area contributed by atoms with E-state index in [0.29, 0.717) is 31.7 Å². The first-order valence-electron chi connectivity index (χ1n) is 12.0. The first kappa shape index (κ1) is 22.8. The van der Waals surface area contributed by atoms with E-state index >= 15 is 0 Å². The third-order valence-electron chi connectivity index (χ3n) is 6.49. The number of nitrogens with zero attached hydrogens (tertiary/aromatic N) is 6. The Kier molecular flexibility index (Phi) is 6.55. The van der Waals surface area contributed by atoms with Crippen LogP contribution in [0.4, 0.5) is 0 Å². The number of hydrogen-bond acceptors (Lipinski definition) is 6. The van der Waals surface area contributed by atoms with Crippen molar-refractivity contribution in [2.24, 2.45) is 0 Å². The van der Waals surface area contributed by atoms with Crippen molar-refractivity contribution in [2.45, 2.75) is 51.1 Å². The lowest BCUT2D eigenvalue weighted by molar-refractivity contribution is -0.130. The van der Waals surface area contributed by atoms with Gasteiger partial charge in [0, 0.05) is 43.7 Å². The van der Waals surface area contributed by atoms with E-state index in [-0.39, 0.29) is 11.8 Å². The van der Waals surface area contributed by atoms with Gasteiger partial charge < -0.3 is 14.5 Å². The number of aromatic amines is 2. The number of rotatable bonds is 9. The SMILES string of the molecule is O=C(CCCCCn1cc(Cn2cnc3ccccc32)nn1)N1CCC(c2cc(=O)[nH]c(=O)[nH]2)C1. The summed E-state index contributed by atoms with van der Waals surface area (Å²) < 4.78 is 3.91. The highest BCUT2D eigenvalue weighted by Gasteiger charge is 2.27. The number of carbonyl (C=O) groups excluding carboxylic acids is 1. The molecular weight excluding hydrogens is 448 g/mol. The minimum absolute atomic E-state index is 0.00391. The molecule has 4 heterocycles. The molecule has 1 unspecified atom stereocenters. The molecule has 1 saturated heterocycles. The van der Waals surface area contributed by atoms with Crippen molar-refractivity contribution < 1.29 is 4.79 Å². The van der Waals surface area contributed by atoms with E-state index in [1.54, 1.807) is 0 Å². The van der Waals surface area contributed by atoms with Gasteiger partial charge in [-0.2, -0.15) is 0 Å². The van der Waals surface area contributed by atoms with Gasteiger partial charge in [-0.15, -0.1) is 5.10 Å². The van der Waals surface area contributed by atoms with Crippen LogP contribution in [0.3, 0.4) is 0 Å². The largest absolute Gasteiger partial charge is 0.342 e. The van der Waals surface area contributed by atoms with Gasteiger partial charge in [-0.1, -0.05) is 23.8 Å². The first-order valence-corrected chi connectivity index (χ1v) is 12.0. The molecule has 0 saturated carbocycles. The number of aromatic nitrogens is 7. The van der Waals surface area contributed by atoms with Gasteiger partial charge in [0.05, 0.1) is 30.1 Å². The van der Waals surface area contributed by atoms with Crippen LogP contribution < -0.4 is 11.2 Å². The maximum atomic E-state index is 12.6. The third kappa shape index (κ3) is 5.39. The predicted octanol–water partition coefficient (Wildman–Crippen LogP) is 1.63. The zero-order valence-corrected chi connectivity index (χ0v) is 19.4. The van der Waals surface area contributed by atoms with Crippen LogP contribution in [0.25, 0.3) is 11.0 Å². The molecule has 4 aromatic rings. The zero-order valence-electron chi connectivity index (χ0n) is 19.4. The summed E-state index contributed by atoms with van der Waals surface area (Å²) in [7, 11) is 0.